The van der Waals surface area contributed by atoms with Crippen LogP contribution in [0.4, 0.5) is 0 Å². The fraction of sp³-hybridized carbons (Fsp3) is 0.462. The summed E-state index contributed by atoms with van der Waals surface area (Å²) in [7, 11) is -2.15. The monoisotopic (exact) mass is 316 g/mol. The van der Waals surface area contributed by atoms with E-state index in [1.807, 2.05) is 0 Å². The molecule has 0 amide bonds. The van der Waals surface area contributed by atoms with Crippen molar-refractivity contribution in [2.75, 3.05) is 13.7 Å². The van der Waals surface area contributed by atoms with Crippen molar-refractivity contribution in [3.8, 4) is 0 Å². The van der Waals surface area contributed by atoms with Gasteiger partial charge in [0.05, 0.1) is 17.0 Å². The molecular weight excluding hydrogens is 296 g/mol. The topological polar surface area (TPSA) is 81.4 Å². The van der Waals surface area contributed by atoms with Crippen molar-refractivity contribution in [3.63, 3.8) is 0 Å². The molecule has 0 spiro atoms. The molecule has 1 rings (SSSR count). The molecule has 0 fully saturated rings. The summed E-state index contributed by atoms with van der Waals surface area (Å²) in [5.41, 5.74) is 5.99. The van der Waals surface area contributed by atoms with Gasteiger partial charge in [-0.05, 0) is 32.4 Å². The van der Waals surface area contributed by atoms with E-state index in [1.165, 1.54) is 13.2 Å². The fourth-order valence-electron chi connectivity index (χ4n) is 1.85. The van der Waals surface area contributed by atoms with Gasteiger partial charge in [-0.25, -0.2) is 13.1 Å². The van der Waals surface area contributed by atoms with Crippen molar-refractivity contribution in [3.05, 3.63) is 29.3 Å². The molecule has 0 bridgehead atoms. The maximum Gasteiger partial charge on any atom is 0.241 e. The second kappa shape index (κ2) is 6.17. The average Bonchev–Trinajstić information content (AvgIpc) is 2.26. The van der Waals surface area contributed by atoms with Gasteiger partial charge in [-0.3, -0.25) is 0 Å². The SMILES string of the molecule is COCC(C)(C)NS(=O)(=O)c1cc(C(N)=S)ccc1C. The van der Waals surface area contributed by atoms with E-state index in [4.69, 9.17) is 22.7 Å². The molecule has 1 aromatic rings. The summed E-state index contributed by atoms with van der Waals surface area (Å²) < 4.78 is 32.6. The number of sulfonamides is 1. The summed E-state index contributed by atoms with van der Waals surface area (Å²) in [6.07, 6.45) is 0. The molecule has 0 radical (unpaired) electrons. The van der Waals surface area contributed by atoms with Crippen molar-refractivity contribution in [2.24, 2.45) is 5.73 Å². The van der Waals surface area contributed by atoms with Crippen LogP contribution >= 0.6 is 12.2 Å². The van der Waals surface area contributed by atoms with E-state index in [1.54, 1.807) is 32.9 Å². The van der Waals surface area contributed by atoms with E-state index in [-0.39, 0.29) is 16.5 Å². The van der Waals surface area contributed by atoms with Crippen LogP contribution in [0.5, 0.6) is 0 Å². The zero-order valence-electron chi connectivity index (χ0n) is 12.1. The highest BCUT2D eigenvalue weighted by atomic mass is 32.2. The predicted octanol–water partition coefficient (Wildman–Crippen LogP) is 1.33. The minimum absolute atomic E-state index is 0.164. The van der Waals surface area contributed by atoms with E-state index < -0.39 is 15.6 Å². The van der Waals surface area contributed by atoms with Gasteiger partial charge < -0.3 is 10.5 Å². The maximum atomic E-state index is 12.5. The number of rotatable bonds is 6. The van der Waals surface area contributed by atoms with Gasteiger partial charge in [0.2, 0.25) is 10.0 Å². The summed E-state index contributed by atoms with van der Waals surface area (Å²) in [5, 5.41) is 0. The van der Waals surface area contributed by atoms with Gasteiger partial charge in [0.1, 0.15) is 4.99 Å². The number of benzene rings is 1. The van der Waals surface area contributed by atoms with Gasteiger partial charge in [0.15, 0.2) is 0 Å². The first-order valence-electron chi connectivity index (χ1n) is 6.02. The lowest BCUT2D eigenvalue weighted by Gasteiger charge is -2.25. The second-order valence-electron chi connectivity index (χ2n) is 5.27. The summed E-state index contributed by atoms with van der Waals surface area (Å²) in [6, 6.07) is 4.88. The Balaban J connectivity index is 3.22. The molecule has 0 aliphatic rings. The third kappa shape index (κ3) is 4.24. The normalized spacial score (nSPS) is 12.4. The van der Waals surface area contributed by atoms with E-state index >= 15 is 0 Å². The van der Waals surface area contributed by atoms with Crippen molar-refractivity contribution < 1.29 is 13.2 Å². The Morgan fingerprint density at radius 3 is 2.55 bits per heavy atom. The molecule has 0 saturated heterocycles. The van der Waals surface area contributed by atoms with Crippen LogP contribution in [-0.4, -0.2) is 32.7 Å². The first kappa shape index (κ1) is 17.0. The van der Waals surface area contributed by atoms with E-state index in [9.17, 15) is 8.42 Å². The molecule has 5 nitrogen and oxygen atoms in total. The van der Waals surface area contributed by atoms with Crippen molar-refractivity contribution >= 4 is 27.2 Å². The number of aryl methyl sites for hydroxylation is 1. The number of methoxy groups -OCH3 is 1. The Labute approximate surface area is 125 Å². The highest BCUT2D eigenvalue weighted by molar-refractivity contribution is 7.89. The predicted molar refractivity (Wildman–Crippen MR) is 83.3 cm³/mol. The molecule has 0 aliphatic carbocycles. The lowest BCUT2D eigenvalue weighted by molar-refractivity contribution is 0.141. The van der Waals surface area contributed by atoms with Crippen LogP contribution in [0.1, 0.15) is 25.0 Å². The molecule has 0 aromatic heterocycles. The summed E-state index contributed by atoms with van der Waals surface area (Å²) in [5.74, 6) is 0. The molecule has 20 heavy (non-hydrogen) atoms. The van der Waals surface area contributed by atoms with E-state index in [0.717, 1.165) is 0 Å². The molecule has 0 saturated carbocycles. The quantitative estimate of drug-likeness (QED) is 0.774. The minimum atomic E-state index is -3.67. The molecule has 1 aromatic carbocycles. The van der Waals surface area contributed by atoms with Gasteiger partial charge in [-0.1, -0.05) is 24.4 Å². The number of thiocarbonyl (C=S) groups is 1. The number of hydrogen-bond donors (Lipinski definition) is 2. The van der Waals surface area contributed by atoms with Gasteiger partial charge in [0, 0.05) is 12.7 Å². The molecule has 7 heteroatoms. The Hall–Kier alpha value is -1.02. The Morgan fingerprint density at radius 1 is 1.45 bits per heavy atom. The zero-order chi connectivity index (χ0) is 15.6. The van der Waals surface area contributed by atoms with Crippen LogP contribution in [0, 0.1) is 6.92 Å². The Bertz CT molecular complexity index is 610. The molecule has 0 heterocycles. The summed E-state index contributed by atoms with van der Waals surface area (Å²) in [4.78, 5) is 0.338. The zero-order valence-corrected chi connectivity index (χ0v) is 13.7. The van der Waals surface area contributed by atoms with Crippen LogP contribution in [0.2, 0.25) is 0 Å². The van der Waals surface area contributed by atoms with Gasteiger partial charge in [-0.15, -0.1) is 0 Å². The molecule has 3 N–H and O–H groups in total. The number of hydrogen-bond acceptors (Lipinski definition) is 4. The highest BCUT2D eigenvalue weighted by Crippen LogP contribution is 2.19. The van der Waals surface area contributed by atoms with Crippen molar-refractivity contribution in [1.82, 2.24) is 4.72 Å². The number of nitrogens with two attached hydrogens (primary N) is 1. The Kier molecular flexibility index (Phi) is 5.26. The lowest BCUT2D eigenvalue weighted by atomic mass is 10.1. The fourth-order valence-corrected chi connectivity index (χ4v) is 3.65. The van der Waals surface area contributed by atoms with Gasteiger partial charge in [-0.2, -0.15) is 0 Å². The summed E-state index contributed by atoms with van der Waals surface area (Å²) >= 11 is 4.88. The third-order valence-corrected chi connectivity index (χ3v) is 4.75. The molecule has 0 unspecified atom stereocenters. The number of nitrogens with one attached hydrogen (secondary N) is 1. The molecule has 112 valence electrons. The van der Waals surface area contributed by atoms with Crippen LogP contribution in [-0.2, 0) is 14.8 Å². The molecule has 0 aliphatic heterocycles. The molecular formula is C13H20N2O3S2. The standard InChI is InChI=1S/C13H20N2O3S2/c1-9-5-6-10(12(14)19)7-11(9)20(16,17)15-13(2,3)8-18-4/h5-7,15H,8H2,1-4H3,(H2,14,19). The van der Waals surface area contributed by atoms with Gasteiger partial charge in [0.25, 0.3) is 0 Å². The smallest absolute Gasteiger partial charge is 0.241 e. The third-order valence-electron chi connectivity index (χ3n) is 2.68. The second-order valence-corrected chi connectivity index (χ2v) is 7.36. The van der Waals surface area contributed by atoms with Crippen molar-refractivity contribution in [1.29, 1.82) is 0 Å². The van der Waals surface area contributed by atoms with E-state index in [0.29, 0.717) is 11.1 Å². The van der Waals surface area contributed by atoms with E-state index in [2.05, 4.69) is 4.72 Å². The average molecular weight is 316 g/mol. The lowest BCUT2D eigenvalue weighted by Crippen LogP contribution is -2.46. The number of ether oxygens (including phenoxy) is 1. The first-order valence-corrected chi connectivity index (χ1v) is 7.91. The van der Waals surface area contributed by atoms with Crippen LogP contribution in [0.15, 0.2) is 23.1 Å². The van der Waals surface area contributed by atoms with Crippen LogP contribution in [0.3, 0.4) is 0 Å². The maximum absolute atomic E-state index is 12.5. The Morgan fingerprint density at radius 2 is 2.05 bits per heavy atom. The first-order chi connectivity index (χ1) is 9.09. The minimum Gasteiger partial charge on any atom is -0.389 e. The highest BCUT2D eigenvalue weighted by Gasteiger charge is 2.27. The summed E-state index contributed by atoms with van der Waals surface area (Å²) in [6.45, 7) is 5.49. The largest absolute Gasteiger partial charge is 0.389 e. The van der Waals surface area contributed by atoms with Crippen LogP contribution < -0.4 is 10.5 Å². The van der Waals surface area contributed by atoms with Crippen molar-refractivity contribution in [2.45, 2.75) is 31.2 Å². The van der Waals surface area contributed by atoms with Crippen LogP contribution in [0.25, 0.3) is 0 Å². The van der Waals surface area contributed by atoms with Gasteiger partial charge >= 0.3 is 0 Å². The molecule has 0 atom stereocenters.